The van der Waals surface area contributed by atoms with E-state index in [9.17, 15) is 5.11 Å². The number of hydrogen-bond donors (Lipinski definition) is 1. The maximum Gasteiger partial charge on any atom is 0.183 e. The van der Waals surface area contributed by atoms with Crippen molar-refractivity contribution in [1.82, 2.24) is 0 Å². The van der Waals surface area contributed by atoms with Gasteiger partial charge < -0.3 is 14.6 Å². The van der Waals surface area contributed by atoms with E-state index in [1.807, 2.05) is 18.2 Å². The second-order valence-corrected chi connectivity index (χ2v) is 3.70. The third-order valence-electron chi connectivity index (χ3n) is 2.53. The Labute approximate surface area is 89.6 Å². The molecule has 0 aromatic heterocycles. The van der Waals surface area contributed by atoms with Gasteiger partial charge in [-0.1, -0.05) is 30.3 Å². The van der Waals surface area contributed by atoms with Crippen LogP contribution in [0.3, 0.4) is 0 Å². The highest BCUT2D eigenvalue weighted by Crippen LogP contribution is 2.13. The average Bonchev–Trinajstić information content (AvgIpc) is 2.81. The minimum Gasteiger partial charge on any atom is -0.388 e. The van der Waals surface area contributed by atoms with Crippen LogP contribution in [0.2, 0.25) is 0 Å². The molecular formula is C12H16O3. The summed E-state index contributed by atoms with van der Waals surface area (Å²) in [6.45, 7) is 1.18. The second kappa shape index (κ2) is 5.26. The van der Waals surface area contributed by atoms with Crippen molar-refractivity contribution in [2.24, 2.45) is 0 Å². The van der Waals surface area contributed by atoms with Crippen molar-refractivity contribution in [3.8, 4) is 0 Å². The molecule has 15 heavy (non-hydrogen) atoms. The first-order valence-corrected chi connectivity index (χ1v) is 5.31. The Kier molecular flexibility index (Phi) is 3.72. The third kappa shape index (κ3) is 3.02. The van der Waals surface area contributed by atoms with Gasteiger partial charge in [0, 0.05) is 0 Å². The molecule has 3 nitrogen and oxygen atoms in total. The van der Waals surface area contributed by atoms with Crippen molar-refractivity contribution < 1.29 is 14.6 Å². The molecule has 3 heteroatoms. The summed E-state index contributed by atoms with van der Waals surface area (Å²) in [4.78, 5) is 0. The first-order chi connectivity index (χ1) is 7.36. The molecule has 1 aliphatic heterocycles. The fourth-order valence-corrected chi connectivity index (χ4v) is 1.69. The molecule has 1 saturated heterocycles. The summed E-state index contributed by atoms with van der Waals surface area (Å²) in [7, 11) is 0. The summed E-state index contributed by atoms with van der Waals surface area (Å²) in [6.07, 6.45) is 0.585. The molecule has 1 aromatic carbocycles. The molecule has 0 amide bonds. The van der Waals surface area contributed by atoms with Gasteiger partial charge in [-0.25, -0.2) is 0 Å². The van der Waals surface area contributed by atoms with Gasteiger partial charge in [0.05, 0.1) is 13.2 Å². The smallest absolute Gasteiger partial charge is 0.183 e. The fourth-order valence-electron chi connectivity index (χ4n) is 1.69. The normalized spacial score (nSPS) is 19.3. The summed E-state index contributed by atoms with van der Waals surface area (Å²) in [5, 5.41) is 9.76. The Balaban J connectivity index is 1.77. The molecule has 1 aromatic rings. The molecule has 1 N–H and O–H groups in total. The van der Waals surface area contributed by atoms with Gasteiger partial charge in [-0.3, -0.25) is 0 Å². The third-order valence-corrected chi connectivity index (χ3v) is 2.53. The molecule has 0 aliphatic carbocycles. The Morgan fingerprint density at radius 3 is 2.53 bits per heavy atom. The summed E-state index contributed by atoms with van der Waals surface area (Å²) in [5.41, 5.74) is 1.23. The Bertz CT molecular complexity index is 280. The van der Waals surface area contributed by atoms with Crippen LogP contribution >= 0.6 is 0 Å². The number of aliphatic hydroxyl groups is 1. The standard InChI is InChI=1S/C12H16O3/c13-11(12-14-8-9-15-12)7-6-10-4-2-1-3-5-10/h1-5,11-13H,6-9H2. The first kappa shape index (κ1) is 10.6. The molecule has 1 unspecified atom stereocenters. The summed E-state index contributed by atoms with van der Waals surface area (Å²) in [5.74, 6) is 0. The van der Waals surface area contributed by atoms with E-state index >= 15 is 0 Å². The summed E-state index contributed by atoms with van der Waals surface area (Å²) >= 11 is 0. The van der Waals surface area contributed by atoms with Crippen molar-refractivity contribution in [2.45, 2.75) is 25.2 Å². The zero-order valence-electron chi connectivity index (χ0n) is 8.63. The largest absolute Gasteiger partial charge is 0.388 e. The second-order valence-electron chi connectivity index (χ2n) is 3.70. The quantitative estimate of drug-likeness (QED) is 0.811. The number of aliphatic hydroxyl groups excluding tert-OH is 1. The van der Waals surface area contributed by atoms with Crippen LogP contribution in [0, 0.1) is 0 Å². The van der Waals surface area contributed by atoms with Crippen LogP contribution in [0.25, 0.3) is 0 Å². The average molecular weight is 208 g/mol. The minimum absolute atomic E-state index is 0.422. The number of ether oxygens (including phenoxy) is 2. The van der Waals surface area contributed by atoms with Gasteiger partial charge in [0.25, 0.3) is 0 Å². The first-order valence-electron chi connectivity index (χ1n) is 5.31. The van der Waals surface area contributed by atoms with Gasteiger partial charge >= 0.3 is 0 Å². The lowest BCUT2D eigenvalue weighted by Gasteiger charge is -2.16. The highest BCUT2D eigenvalue weighted by Gasteiger charge is 2.24. The van der Waals surface area contributed by atoms with Crippen molar-refractivity contribution >= 4 is 0 Å². The molecule has 1 fully saturated rings. The van der Waals surface area contributed by atoms with E-state index in [0.717, 1.165) is 6.42 Å². The Morgan fingerprint density at radius 2 is 1.87 bits per heavy atom. The van der Waals surface area contributed by atoms with Crippen molar-refractivity contribution in [3.05, 3.63) is 35.9 Å². The van der Waals surface area contributed by atoms with Gasteiger partial charge in [-0.2, -0.15) is 0 Å². The highest BCUT2D eigenvalue weighted by atomic mass is 16.7. The highest BCUT2D eigenvalue weighted by molar-refractivity contribution is 5.14. The van der Waals surface area contributed by atoms with Crippen molar-refractivity contribution in [1.29, 1.82) is 0 Å². The predicted octanol–water partition coefficient (Wildman–Crippen LogP) is 1.35. The Morgan fingerprint density at radius 1 is 1.20 bits per heavy atom. The molecule has 1 atom stereocenters. The van der Waals surface area contributed by atoms with Crippen LogP contribution in [0.4, 0.5) is 0 Å². The minimum atomic E-state index is -0.521. The molecule has 82 valence electrons. The molecule has 1 aliphatic rings. The van der Waals surface area contributed by atoms with E-state index in [2.05, 4.69) is 12.1 Å². The molecule has 0 spiro atoms. The van der Waals surface area contributed by atoms with E-state index in [0.29, 0.717) is 19.6 Å². The lowest BCUT2D eigenvalue weighted by molar-refractivity contribution is -0.121. The van der Waals surface area contributed by atoms with Crippen LogP contribution in [-0.2, 0) is 15.9 Å². The fraction of sp³-hybridized carbons (Fsp3) is 0.500. The molecule has 0 radical (unpaired) electrons. The molecule has 0 bridgehead atoms. The number of hydrogen-bond acceptors (Lipinski definition) is 3. The van der Waals surface area contributed by atoms with Crippen molar-refractivity contribution in [2.75, 3.05) is 13.2 Å². The van der Waals surface area contributed by atoms with Crippen LogP contribution < -0.4 is 0 Å². The predicted molar refractivity (Wildman–Crippen MR) is 56.5 cm³/mol. The monoisotopic (exact) mass is 208 g/mol. The topological polar surface area (TPSA) is 38.7 Å². The number of rotatable bonds is 4. The van der Waals surface area contributed by atoms with Crippen molar-refractivity contribution in [3.63, 3.8) is 0 Å². The molecule has 1 heterocycles. The Hall–Kier alpha value is -0.900. The summed E-state index contributed by atoms with van der Waals surface area (Å²) in [6, 6.07) is 10.1. The molecule has 2 rings (SSSR count). The van der Waals surface area contributed by atoms with E-state index in [4.69, 9.17) is 9.47 Å². The maximum absolute atomic E-state index is 9.76. The van der Waals surface area contributed by atoms with E-state index in [1.54, 1.807) is 0 Å². The SMILES string of the molecule is OC(CCc1ccccc1)C1OCCO1. The van der Waals surface area contributed by atoms with E-state index < -0.39 is 12.4 Å². The zero-order chi connectivity index (χ0) is 10.5. The van der Waals surface area contributed by atoms with Crippen LogP contribution in [0.5, 0.6) is 0 Å². The van der Waals surface area contributed by atoms with Crippen LogP contribution in [0.1, 0.15) is 12.0 Å². The van der Waals surface area contributed by atoms with Crippen LogP contribution in [0.15, 0.2) is 30.3 Å². The summed E-state index contributed by atoms with van der Waals surface area (Å²) < 4.78 is 10.5. The van der Waals surface area contributed by atoms with E-state index in [-0.39, 0.29) is 0 Å². The van der Waals surface area contributed by atoms with E-state index in [1.165, 1.54) is 5.56 Å². The lowest BCUT2D eigenvalue weighted by Crippen LogP contribution is -2.27. The lowest BCUT2D eigenvalue weighted by atomic mass is 10.1. The van der Waals surface area contributed by atoms with Gasteiger partial charge in [0.15, 0.2) is 6.29 Å². The van der Waals surface area contributed by atoms with Gasteiger partial charge in [0.2, 0.25) is 0 Å². The maximum atomic E-state index is 9.76. The van der Waals surface area contributed by atoms with Gasteiger partial charge in [-0.15, -0.1) is 0 Å². The molecular weight excluding hydrogens is 192 g/mol. The van der Waals surface area contributed by atoms with Crippen LogP contribution in [-0.4, -0.2) is 30.7 Å². The number of aryl methyl sites for hydroxylation is 1. The van der Waals surface area contributed by atoms with Gasteiger partial charge in [0.1, 0.15) is 6.10 Å². The zero-order valence-corrected chi connectivity index (χ0v) is 8.63. The number of benzene rings is 1. The van der Waals surface area contributed by atoms with Gasteiger partial charge in [-0.05, 0) is 18.4 Å². The molecule has 0 saturated carbocycles.